The van der Waals surface area contributed by atoms with Crippen molar-refractivity contribution in [2.45, 2.75) is 25.2 Å². The highest BCUT2D eigenvalue weighted by Gasteiger charge is 2.30. The summed E-state index contributed by atoms with van der Waals surface area (Å²) in [5.41, 5.74) is 3.76. The maximum atomic E-state index is 12.1. The van der Waals surface area contributed by atoms with Crippen molar-refractivity contribution in [3.63, 3.8) is 0 Å². The summed E-state index contributed by atoms with van der Waals surface area (Å²) in [5.74, 6) is -0.174. The van der Waals surface area contributed by atoms with Crippen LogP contribution >= 0.6 is 35.2 Å². The highest BCUT2D eigenvalue weighted by Crippen LogP contribution is 2.43. The van der Waals surface area contributed by atoms with Crippen molar-refractivity contribution >= 4 is 52.4 Å². The van der Waals surface area contributed by atoms with Gasteiger partial charge in [0.25, 0.3) is 0 Å². The number of nitrogens with zero attached hydrogens (tertiary/aromatic N) is 3. The number of aromatic nitrogens is 3. The van der Waals surface area contributed by atoms with E-state index in [0.717, 1.165) is 45.5 Å². The molecule has 0 saturated carbocycles. The van der Waals surface area contributed by atoms with E-state index < -0.39 is 0 Å². The van der Waals surface area contributed by atoms with Gasteiger partial charge in [-0.3, -0.25) is 4.98 Å². The molecule has 1 atom stereocenters. The maximum absolute atomic E-state index is 12.1. The number of hydrogen-bond acceptors (Lipinski definition) is 5. The molecule has 1 N–H and O–H groups in total. The number of benzene rings is 1. The number of aromatic amines is 1. The Kier molecular flexibility index (Phi) is 5.13. The molecule has 1 aliphatic carbocycles. The van der Waals surface area contributed by atoms with Crippen LogP contribution in [0.1, 0.15) is 52.4 Å². The number of rotatable bonds is 2. The minimum atomic E-state index is -0.223. The van der Waals surface area contributed by atoms with Crippen molar-refractivity contribution in [1.82, 2.24) is 14.5 Å². The average Bonchev–Trinajstić information content (AvgIpc) is 3.10. The number of thiazole rings is 1. The third-order valence-electron chi connectivity index (χ3n) is 5.79. The van der Waals surface area contributed by atoms with Crippen LogP contribution in [0, 0.1) is 4.64 Å². The van der Waals surface area contributed by atoms with Crippen LogP contribution in [0.3, 0.4) is 0 Å². The van der Waals surface area contributed by atoms with Crippen LogP contribution in [0.15, 0.2) is 29.2 Å². The minimum Gasteiger partial charge on any atom is -0.348 e. The lowest BCUT2D eigenvalue weighted by atomic mass is 9.88. The van der Waals surface area contributed by atoms with Gasteiger partial charge >= 0.3 is 5.69 Å². The van der Waals surface area contributed by atoms with E-state index in [2.05, 4.69) is 22.0 Å². The van der Waals surface area contributed by atoms with Gasteiger partial charge in [-0.15, -0.1) is 0 Å². The lowest BCUT2D eigenvalue weighted by Gasteiger charge is -2.26. The second-order valence-electron chi connectivity index (χ2n) is 7.79. The fourth-order valence-corrected chi connectivity index (χ4v) is 5.74. The lowest BCUT2D eigenvalue weighted by molar-refractivity contribution is 0.576. The molecule has 1 saturated heterocycles. The van der Waals surface area contributed by atoms with Gasteiger partial charge in [0.1, 0.15) is 4.64 Å². The molecule has 1 aromatic carbocycles. The Hall–Kier alpha value is -2.22. The summed E-state index contributed by atoms with van der Waals surface area (Å²) in [6.45, 7) is 2.10. The Morgan fingerprint density at radius 2 is 2.00 bits per heavy atom. The third kappa shape index (κ3) is 3.45. The van der Waals surface area contributed by atoms with Gasteiger partial charge in [-0.1, -0.05) is 47.3 Å². The van der Waals surface area contributed by atoms with E-state index >= 15 is 0 Å². The first-order chi connectivity index (χ1) is 14.5. The van der Waals surface area contributed by atoms with E-state index in [0.29, 0.717) is 9.66 Å². The van der Waals surface area contributed by atoms with Crippen molar-refractivity contribution in [3.05, 3.63) is 71.8 Å². The number of hydrogen-bond donors (Lipinski definition) is 1. The standard InChI is InChI=1S/C22H21ClN4OS2/c1-26-12-16(20(29)25-21(26)28)18-15-7-6-14(23)11-13(15)5-8-17-19(18)24-22(30-17)27-9-3-2-4-10-27/h5-8,11-12,18H,2-4,9-10H2,1H3,(H,25,28,29). The highest BCUT2D eigenvalue weighted by molar-refractivity contribution is 7.71. The van der Waals surface area contributed by atoms with E-state index in [4.69, 9.17) is 28.8 Å². The van der Waals surface area contributed by atoms with Gasteiger partial charge < -0.3 is 9.47 Å². The van der Waals surface area contributed by atoms with Crippen molar-refractivity contribution in [2.24, 2.45) is 7.05 Å². The van der Waals surface area contributed by atoms with Gasteiger partial charge in [0.05, 0.1) is 16.5 Å². The number of fused-ring (bicyclic) bond motifs is 2. The first-order valence-electron chi connectivity index (χ1n) is 10.0. The van der Waals surface area contributed by atoms with E-state index in [-0.39, 0.29) is 11.6 Å². The number of anilines is 1. The maximum Gasteiger partial charge on any atom is 0.326 e. The molecule has 8 heteroatoms. The zero-order valence-corrected chi connectivity index (χ0v) is 18.9. The van der Waals surface area contributed by atoms with E-state index in [1.807, 2.05) is 24.4 Å². The molecule has 1 fully saturated rings. The Morgan fingerprint density at radius 1 is 1.20 bits per heavy atom. The molecule has 30 heavy (non-hydrogen) atoms. The first-order valence-corrected chi connectivity index (χ1v) is 11.6. The monoisotopic (exact) mass is 456 g/mol. The fourth-order valence-electron chi connectivity index (χ4n) is 4.25. The van der Waals surface area contributed by atoms with Crippen LogP contribution in [-0.2, 0) is 7.05 Å². The van der Waals surface area contributed by atoms with Gasteiger partial charge in [-0.25, -0.2) is 9.78 Å². The zero-order chi connectivity index (χ0) is 20.8. The van der Waals surface area contributed by atoms with Crippen LogP contribution in [-0.4, -0.2) is 27.6 Å². The SMILES string of the molecule is Cn1cc(C2c3ccc(Cl)cc3C=Cc3sc(N4CCCCC4)nc32)c(=S)[nH]c1=O. The van der Waals surface area contributed by atoms with Crippen molar-refractivity contribution in [2.75, 3.05) is 18.0 Å². The van der Waals surface area contributed by atoms with Gasteiger partial charge in [0.15, 0.2) is 5.13 Å². The normalized spacial score (nSPS) is 18.1. The van der Waals surface area contributed by atoms with Crippen LogP contribution in [0.5, 0.6) is 0 Å². The van der Waals surface area contributed by atoms with Gasteiger partial charge in [-0.2, -0.15) is 0 Å². The molecule has 0 amide bonds. The summed E-state index contributed by atoms with van der Waals surface area (Å²) < 4.78 is 1.99. The molecule has 1 aliphatic heterocycles. The van der Waals surface area contributed by atoms with Gasteiger partial charge in [0.2, 0.25) is 0 Å². The molecule has 2 aromatic heterocycles. The molecule has 0 bridgehead atoms. The second kappa shape index (κ2) is 7.80. The Balaban J connectivity index is 1.73. The van der Waals surface area contributed by atoms with E-state index in [9.17, 15) is 4.79 Å². The summed E-state index contributed by atoms with van der Waals surface area (Å²) in [7, 11) is 1.73. The molecule has 3 heterocycles. The molecule has 154 valence electrons. The van der Waals surface area contributed by atoms with Gasteiger partial charge in [-0.05, 0) is 48.6 Å². The molecule has 5 rings (SSSR count). The zero-order valence-electron chi connectivity index (χ0n) is 16.5. The van der Waals surface area contributed by atoms with E-state index in [1.165, 1.54) is 23.8 Å². The van der Waals surface area contributed by atoms with Crippen molar-refractivity contribution in [3.8, 4) is 0 Å². The average molecular weight is 457 g/mol. The topological polar surface area (TPSA) is 53.9 Å². The molecular weight excluding hydrogens is 436 g/mol. The number of piperidine rings is 1. The van der Waals surface area contributed by atoms with Crippen LogP contribution in [0.25, 0.3) is 12.2 Å². The van der Waals surface area contributed by atoms with Crippen molar-refractivity contribution in [1.29, 1.82) is 0 Å². The van der Waals surface area contributed by atoms with Gasteiger partial charge in [0, 0.05) is 36.9 Å². The van der Waals surface area contributed by atoms with Crippen LogP contribution in [0.4, 0.5) is 5.13 Å². The number of halogens is 1. The van der Waals surface area contributed by atoms with Crippen molar-refractivity contribution < 1.29 is 0 Å². The Morgan fingerprint density at radius 3 is 2.80 bits per heavy atom. The predicted octanol–water partition coefficient (Wildman–Crippen LogP) is 5.21. The third-order valence-corrected chi connectivity index (χ3v) is 7.46. The summed E-state index contributed by atoms with van der Waals surface area (Å²) in [5, 5.41) is 1.75. The lowest BCUT2D eigenvalue weighted by Crippen LogP contribution is -2.29. The molecule has 1 unspecified atom stereocenters. The number of aryl methyl sites for hydroxylation is 1. The molecule has 5 nitrogen and oxygen atoms in total. The minimum absolute atomic E-state index is 0.174. The molecule has 0 spiro atoms. The Bertz CT molecular complexity index is 1270. The summed E-state index contributed by atoms with van der Waals surface area (Å²) in [6, 6.07) is 5.91. The molecule has 3 aromatic rings. The van der Waals surface area contributed by atoms with Crippen LogP contribution < -0.4 is 10.6 Å². The smallest absolute Gasteiger partial charge is 0.326 e. The predicted molar refractivity (Wildman–Crippen MR) is 126 cm³/mol. The van der Waals surface area contributed by atoms with Crippen LogP contribution in [0.2, 0.25) is 5.02 Å². The quantitative estimate of drug-likeness (QED) is 0.421. The van der Waals surface area contributed by atoms with E-state index in [1.54, 1.807) is 18.4 Å². The highest BCUT2D eigenvalue weighted by atomic mass is 35.5. The number of nitrogens with one attached hydrogen (secondary N) is 1. The summed E-state index contributed by atoms with van der Waals surface area (Å²) in [6.07, 6.45) is 9.76. The molecule has 2 aliphatic rings. The molecular formula is C22H21ClN4OS2. The summed E-state index contributed by atoms with van der Waals surface area (Å²) >= 11 is 13.6. The number of H-pyrrole nitrogens is 1. The second-order valence-corrected chi connectivity index (χ2v) is 9.64. The first kappa shape index (κ1) is 19.7. The Labute approximate surface area is 188 Å². The largest absolute Gasteiger partial charge is 0.348 e. The fraction of sp³-hybridized carbons (Fsp3) is 0.318. The molecule has 0 radical (unpaired) electrons. The summed E-state index contributed by atoms with van der Waals surface area (Å²) in [4.78, 5) is 23.5.